The monoisotopic (exact) mass is 398 g/mol. The first-order chi connectivity index (χ1) is 12.3. The fraction of sp³-hybridized carbons (Fsp3) is 0.421. The van der Waals surface area contributed by atoms with E-state index in [1.165, 1.54) is 25.3 Å². The quantitative estimate of drug-likeness (QED) is 0.712. The van der Waals surface area contributed by atoms with Gasteiger partial charge in [-0.1, -0.05) is 39.3 Å². The maximum Gasteiger partial charge on any atom is 0.263 e. The van der Waals surface area contributed by atoms with Gasteiger partial charge >= 0.3 is 0 Å². The molecule has 1 amide bonds. The van der Waals surface area contributed by atoms with Crippen molar-refractivity contribution in [2.75, 3.05) is 0 Å². The van der Waals surface area contributed by atoms with Crippen LogP contribution in [0.4, 0.5) is 4.39 Å². The molecule has 1 heterocycles. The smallest absolute Gasteiger partial charge is 0.263 e. The van der Waals surface area contributed by atoms with Gasteiger partial charge in [0.05, 0.1) is 12.2 Å². The van der Waals surface area contributed by atoms with Gasteiger partial charge < -0.3 is 5.32 Å². The molecule has 0 radical (unpaired) electrons. The molecule has 0 fully saturated rings. The second-order valence-electron chi connectivity index (χ2n) is 5.95. The molecule has 2 rings (SSSR count). The number of hydrogen-bond acceptors (Lipinski definition) is 4. The number of amides is 1. The number of carbonyl (C=O) groups is 2. The van der Waals surface area contributed by atoms with E-state index < -0.39 is 11.9 Å². The molecular formula is C19H24ClFN2O2S. The van der Waals surface area contributed by atoms with Gasteiger partial charge in [-0.05, 0) is 37.5 Å². The Labute approximate surface area is 162 Å². The topological polar surface area (TPSA) is 59.1 Å². The van der Waals surface area contributed by atoms with Crippen molar-refractivity contribution in [3.8, 4) is 10.6 Å². The van der Waals surface area contributed by atoms with Crippen LogP contribution in [0.15, 0.2) is 24.4 Å². The Kier molecular flexibility index (Phi) is 8.88. The lowest BCUT2D eigenvalue weighted by molar-refractivity contribution is -0.119. The lowest BCUT2D eigenvalue weighted by Gasteiger charge is -2.17. The lowest BCUT2D eigenvalue weighted by atomic mass is 10.0. The first kappa shape index (κ1) is 22.3. The van der Waals surface area contributed by atoms with Crippen molar-refractivity contribution in [3.63, 3.8) is 0 Å². The van der Waals surface area contributed by atoms with Crippen molar-refractivity contribution in [1.82, 2.24) is 10.3 Å². The molecule has 0 bridgehead atoms. The number of carbonyl (C=O) groups excluding carboxylic acids is 2. The van der Waals surface area contributed by atoms with E-state index in [-0.39, 0.29) is 22.6 Å². The fourth-order valence-electron chi connectivity index (χ4n) is 2.22. The zero-order valence-electron chi connectivity index (χ0n) is 15.6. The van der Waals surface area contributed by atoms with Crippen molar-refractivity contribution >= 4 is 34.6 Å². The van der Waals surface area contributed by atoms with Gasteiger partial charge in [0.1, 0.15) is 15.7 Å². The van der Waals surface area contributed by atoms with Crippen molar-refractivity contribution in [2.24, 2.45) is 5.92 Å². The van der Waals surface area contributed by atoms with E-state index in [4.69, 9.17) is 11.6 Å². The number of thiazole rings is 1. The van der Waals surface area contributed by atoms with Crippen molar-refractivity contribution in [2.45, 2.75) is 47.1 Å². The summed E-state index contributed by atoms with van der Waals surface area (Å²) in [5.74, 6) is -0.626. The molecule has 142 valence electrons. The van der Waals surface area contributed by atoms with Crippen LogP contribution < -0.4 is 5.32 Å². The van der Waals surface area contributed by atoms with Gasteiger partial charge in [-0.25, -0.2) is 9.37 Å². The van der Waals surface area contributed by atoms with Crippen molar-refractivity contribution < 1.29 is 14.0 Å². The highest BCUT2D eigenvalue weighted by Gasteiger charge is 2.21. The summed E-state index contributed by atoms with van der Waals surface area (Å²) < 4.78 is 13.4. The Morgan fingerprint density at radius 1 is 1.27 bits per heavy atom. The number of aromatic nitrogens is 1. The summed E-state index contributed by atoms with van der Waals surface area (Å²) in [6.45, 7) is 9.43. The maximum atomic E-state index is 13.4. The van der Waals surface area contributed by atoms with E-state index in [0.29, 0.717) is 21.9 Å². The molecule has 1 aromatic heterocycles. The highest BCUT2D eigenvalue weighted by atomic mass is 35.5. The van der Waals surface area contributed by atoms with Crippen molar-refractivity contribution in [1.29, 1.82) is 0 Å². The number of nitrogens with one attached hydrogen (secondary N) is 1. The third-order valence-corrected chi connectivity index (χ3v) is 4.61. The Bertz CT molecular complexity index is 741. The molecule has 2 aromatic rings. The van der Waals surface area contributed by atoms with E-state index in [1.54, 1.807) is 6.07 Å². The molecule has 0 spiro atoms. The van der Waals surface area contributed by atoms with Crippen LogP contribution in [0.1, 0.15) is 50.7 Å². The SMILES string of the molecule is CC.CC(=O)[C@H](CC(C)C)NC(=O)c1cnc(-c2cc(F)cc(Cl)c2)s1. The van der Waals surface area contributed by atoms with E-state index in [9.17, 15) is 14.0 Å². The zero-order valence-corrected chi connectivity index (χ0v) is 17.2. The summed E-state index contributed by atoms with van der Waals surface area (Å²) in [5, 5.41) is 3.49. The van der Waals surface area contributed by atoms with Crippen LogP contribution in [0.3, 0.4) is 0 Å². The van der Waals surface area contributed by atoms with Crippen LogP contribution in [-0.2, 0) is 4.79 Å². The number of halogens is 2. The molecule has 0 aliphatic rings. The number of Topliss-reactive ketones (excluding diaryl/α,β-unsaturated/α-hetero) is 1. The lowest BCUT2D eigenvalue weighted by Crippen LogP contribution is -2.40. The molecule has 0 aliphatic carbocycles. The first-order valence-electron chi connectivity index (χ1n) is 8.50. The Morgan fingerprint density at radius 2 is 1.92 bits per heavy atom. The first-order valence-corrected chi connectivity index (χ1v) is 9.69. The largest absolute Gasteiger partial charge is 0.341 e. The molecule has 1 N–H and O–H groups in total. The zero-order chi connectivity index (χ0) is 19.9. The van der Waals surface area contributed by atoms with Crippen LogP contribution in [0.25, 0.3) is 10.6 Å². The highest BCUT2D eigenvalue weighted by molar-refractivity contribution is 7.16. The molecule has 1 aromatic carbocycles. The molecule has 7 heteroatoms. The predicted octanol–water partition coefficient (Wildman–Crippen LogP) is 5.36. The Morgan fingerprint density at radius 3 is 2.46 bits per heavy atom. The van der Waals surface area contributed by atoms with E-state index >= 15 is 0 Å². The third kappa shape index (κ3) is 6.50. The summed E-state index contributed by atoms with van der Waals surface area (Å²) >= 11 is 6.97. The van der Waals surface area contributed by atoms with Crippen molar-refractivity contribution in [3.05, 3.63) is 40.1 Å². The van der Waals surface area contributed by atoms with Gasteiger partial charge in [0.15, 0.2) is 5.78 Å². The summed E-state index contributed by atoms with van der Waals surface area (Å²) in [5.41, 5.74) is 0.509. The summed E-state index contributed by atoms with van der Waals surface area (Å²) in [6.07, 6.45) is 1.99. The van der Waals surface area contributed by atoms with Gasteiger partial charge in [0.2, 0.25) is 0 Å². The fourth-order valence-corrected chi connectivity index (χ4v) is 3.25. The molecular weight excluding hydrogens is 375 g/mol. The average molecular weight is 399 g/mol. The molecule has 4 nitrogen and oxygen atoms in total. The molecule has 26 heavy (non-hydrogen) atoms. The van der Waals surface area contributed by atoms with Crippen LogP contribution >= 0.6 is 22.9 Å². The normalized spacial score (nSPS) is 11.5. The van der Waals surface area contributed by atoms with Gasteiger partial charge in [0.25, 0.3) is 5.91 Å². The number of benzene rings is 1. The molecule has 1 atom stereocenters. The summed E-state index contributed by atoms with van der Waals surface area (Å²) in [6, 6.07) is 3.58. The Hall–Kier alpha value is -1.79. The van der Waals surface area contributed by atoms with Gasteiger partial charge in [0, 0.05) is 10.6 Å². The third-order valence-electron chi connectivity index (χ3n) is 3.34. The second kappa shape index (κ2) is 10.4. The van der Waals surface area contributed by atoms with E-state index in [0.717, 1.165) is 11.3 Å². The number of ketones is 1. The van der Waals surface area contributed by atoms with Crippen LogP contribution in [0, 0.1) is 11.7 Å². The molecule has 0 unspecified atom stereocenters. The number of rotatable bonds is 6. The minimum absolute atomic E-state index is 0.0845. The standard InChI is InChI=1S/C17H18ClFN2O2S.C2H6/c1-9(2)4-14(10(3)22)21-16(23)15-8-20-17(24-15)11-5-12(18)7-13(19)6-11;1-2/h5-9,14H,4H2,1-3H3,(H,21,23);1-2H3/t14-;/m0./s1. The van der Waals surface area contributed by atoms with E-state index in [2.05, 4.69) is 10.3 Å². The Balaban J connectivity index is 0.00000163. The minimum Gasteiger partial charge on any atom is -0.341 e. The summed E-state index contributed by atoms with van der Waals surface area (Å²) in [4.78, 5) is 28.5. The van der Waals surface area contributed by atoms with Crippen LogP contribution in [-0.4, -0.2) is 22.7 Å². The van der Waals surface area contributed by atoms with Gasteiger partial charge in [-0.3, -0.25) is 9.59 Å². The summed E-state index contributed by atoms with van der Waals surface area (Å²) in [7, 11) is 0. The van der Waals surface area contributed by atoms with Crippen LogP contribution in [0.2, 0.25) is 5.02 Å². The van der Waals surface area contributed by atoms with E-state index in [1.807, 2.05) is 27.7 Å². The predicted molar refractivity (Wildman–Crippen MR) is 105 cm³/mol. The molecule has 0 aliphatic heterocycles. The highest BCUT2D eigenvalue weighted by Crippen LogP contribution is 2.28. The maximum absolute atomic E-state index is 13.4. The number of hydrogen-bond donors (Lipinski definition) is 1. The van der Waals surface area contributed by atoms with Gasteiger partial charge in [-0.15, -0.1) is 11.3 Å². The minimum atomic E-state index is -0.522. The average Bonchev–Trinajstić information content (AvgIpc) is 3.05. The molecule has 0 saturated heterocycles. The van der Waals surface area contributed by atoms with Gasteiger partial charge in [-0.2, -0.15) is 0 Å². The molecule has 0 saturated carbocycles. The van der Waals surface area contributed by atoms with Crippen LogP contribution in [0.5, 0.6) is 0 Å². The number of nitrogens with zero attached hydrogens (tertiary/aromatic N) is 1. The second-order valence-corrected chi connectivity index (χ2v) is 7.42.